The number of nitrogens with zero attached hydrogens (tertiary/aromatic N) is 2. The average molecular weight is 428 g/mol. The van der Waals surface area contributed by atoms with Gasteiger partial charge in [-0.3, -0.25) is 9.69 Å². The van der Waals surface area contributed by atoms with Crippen LogP contribution in [0.25, 0.3) is 6.08 Å². The zero-order valence-corrected chi connectivity index (χ0v) is 18.5. The van der Waals surface area contributed by atoms with Gasteiger partial charge in [0, 0.05) is 11.6 Å². The molecule has 1 heterocycles. The van der Waals surface area contributed by atoms with Crippen molar-refractivity contribution in [1.29, 1.82) is 0 Å². The predicted octanol–water partition coefficient (Wildman–Crippen LogP) is 4.86. The first kappa shape index (κ1) is 21.2. The smallest absolute Gasteiger partial charge is 0.282 e. The number of methoxy groups -OCH3 is 3. The van der Waals surface area contributed by atoms with Crippen LogP contribution in [0.2, 0.25) is 0 Å². The highest BCUT2D eigenvalue weighted by Crippen LogP contribution is 2.33. The fourth-order valence-corrected chi connectivity index (χ4v) is 3.55. The molecule has 162 valence electrons. The molecule has 0 atom stereocenters. The molecule has 32 heavy (non-hydrogen) atoms. The van der Waals surface area contributed by atoms with Crippen LogP contribution in [0.4, 0.5) is 5.69 Å². The van der Waals surface area contributed by atoms with Crippen LogP contribution < -0.4 is 19.1 Å². The quantitative estimate of drug-likeness (QED) is 0.527. The van der Waals surface area contributed by atoms with Gasteiger partial charge in [-0.2, -0.15) is 0 Å². The third-order valence-electron chi connectivity index (χ3n) is 5.23. The minimum absolute atomic E-state index is 0.229. The first-order valence-corrected chi connectivity index (χ1v) is 10.1. The normalized spacial score (nSPS) is 14.5. The van der Waals surface area contributed by atoms with E-state index >= 15 is 0 Å². The van der Waals surface area contributed by atoms with Crippen molar-refractivity contribution in [3.63, 3.8) is 0 Å². The maximum atomic E-state index is 13.5. The van der Waals surface area contributed by atoms with Crippen molar-refractivity contribution in [2.24, 2.45) is 4.99 Å². The molecular weight excluding hydrogens is 404 g/mol. The van der Waals surface area contributed by atoms with Crippen LogP contribution in [0.15, 0.2) is 77.4 Å². The van der Waals surface area contributed by atoms with Gasteiger partial charge < -0.3 is 14.2 Å². The van der Waals surface area contributed by atoms with E-state index in [-0.39, 0.29) is 5.91 Å². The molecule has 0 bridgehead atoms. The molecule has 6 heteroatoms. The fraction of sp³-hybridized carbons (Fsp3) is 0.154. The number of hydrogen-bond donors (Lipinski definition) is 0. The van der Waals surface area contributed by atoms with E-state index in [1.807, 2.05) is 67.6 Å². The Morgan fingerprint density at radius 1 is 0.844 bits per heavy atom. The number of ether oxygens (including phenoxy) is 3. The Morgan fingerprint density at radius 3 is 2.25 bits per heavy atom. The summed E-state index contributed by atoms with van der Waals surface area (Å²) in [5, 5.41) is 0. The van der Waals surface area contributed by atoms with Crippen LogP contribution in [-0.2, 0) is 4.79 Å². The highest BCUT2D eigenvalue weighted by molar-refractivity contribution is 6.33. The Bertz CT molecular complexity index is 1210. The fourth-order valence-electron chi connectivity index (χ4n) is 3.55. The number of para-hydroxylation sites is 1. The summed E-state index contributed by atoms with van der Waals surface area (Å²) < 4.78 is 16.3. The average Bonchev–Trinajstić information content (AvgIpc) is 3.15. The molecule has 6 nitrogen and oxygen atoms in total. The minimum Gasteiger partial charge on any atom is -0.497 e. The van der Waals surface area contributed by atoms with Gasteiger partial charge in [-0.1, -0.05) is 29.8 Å². The van der Waals surface area contributed by atoms with E-state index in [0.717, 1.165) is 22.4 Å². The third-order valence-corrected chi connectivity index (χ3v) is 5.23. The van der Waals surface area contributed by atoms with Gasteiger partial charge >= 0.3 is 0 Å². The summed E-state index contributed by atoms with van der Waals surface area (Å²) in [5.74, 6) is 2.18. The second-order valence-electron chi connectivity index (χ2n) is 7.25. The Kier molecular flexibility index (Phi) is 5.94. The zero-order chi connectivity index (χ0) is 22.7. The molecule has 0 fully saturated rings. The van der Waals surface area contributed by atoms with Crippen LogP contribution in [0.5, 0.6) is 17.2 Å². The molecule has 0 spiro atoms. The SMILES string of the molecule is COc1ccc(/C=C2/N=C(c3ccccc3OC)N(c3ccc(C)cc3)C2=O)c(OC)c1. The second kappa shape index (κ2) is 8.98. The van der Waals surface area contributed by atoms with Gasteiger partial charge in [0.15, 0.2) is 5.84 Å². The van der Waals surface area contributed by atoms with Gasteiger partial charge in [0.05, 0.1) is 32.6 Å². The topological polar surface area (TPSA) is 60.4 Å². The van der Waals surface area contributed by atoms with E-state index < -0.39 is 0 Å². The molecule has 0 radical (unpaired) electrons. The number of carbonyl (C=O) groups excluding carboxylic acids is 1. The van der Waals surface area contributed by atoms with Crippen LogP contribution in [0, 0.1) is 6.92 Å². The lowest BCUT2D eigenvalue weighted by atomic mass is 10.1. The van der Waals surface area contributed by atoms with Gasteiger partial charge in [0.25, 0.3) is 5.91 Å². The van der Waals surface area contributed by atoms with E-state index in [1.165, 1.54) is 0 Å². The summed E-state index contributed by atoms with van der Waals surface area (Å²) in [5.41, 5.74) is 3.60. The number of aryl methyl sites for hydroxylation is 1. The van der Waals surface area contributed by atoms with Crippen molar-refractivity contribution in [1.82, 2.24) is 0 Å². The van der Waals surface area contributed by atoms with Crippen molar-refractivity contribution in [3.05, 3.63) is 89.1 Å². The van der Waals surface area contributed by atoms with Crippen LogP contribution in [0.1, 0.15) is 16.7 Å². The van der Waals surface area contributed by atoms with Gasteiger partial charge in [0.1, 0.15) is 22.9 Å². The molecule has 0 unspecified atom stereocenters. The molecular formula is C26H24N2O4. The van der Waals surface area contributed by atoms with Gasteiger partial charge in [-0.15, -0.1) is 0 Å². The van der Waals surface area contributed by atoms with E-state index in [0.29, 0.717) is 28.8 Å². The molecule has 0 N–H and O–H groups in total. The molecule has 1 aliphatic heterocycles. The van der Waals surface area contributed by atoms with Gasteiger partial charge in [-0.05, 0) is 49.4 Å². The third kappa shape index (κ3) is 3.95. The molecule has 4 rings (SSSR count). The summed E-state index contributed by atoms with van der Waals surface area (Å²) in [6.45, 7) is 2.01. The largest absolute Gasteiger partial charge is 0.497 e. The van der Waals surface area contributed by atoms with Crippen molar-refractivity contribution < 1.29 is 19.0 Å². The monoisotopic (exact) mass is 428 g/mol. The maximum Gasteiger partial charge on any atom is 0.282 e. The molecule has 1 amide bonds. The van der Waals surface area contributed by atoms with E-state index in [1.54, 1.807) is 38.4 Å². The summed E-state index contributed by atoms with van der Waals surface area (Å²) in [4.78, 5) is 19.9. The van der Waals surface area contributed by atoms with Gasteiger partial charge in [-0.25, -0.2) is 4.99 Å². The Labute approximate surface area is 187 Å². The van der Waals surface area contributed by atoms with E-state index in [4.69, 9.17) is 19.2 Å². The van der Waals surface area contributed by atoms with Crippen molar-refractivity contribution >= 4 is 23.5 Å². The number of hydrogen-bond acceptors (Lipinski definition) is 5. The van der Waals surface area contributed by atoms with Crippen molar-refractivity contribution in [2.45, 2.75) is 6.92 Å². The summed E-state index contributed by atoms with van der Waals surface area (Å²) in [7, 11) is 4.78. The van der Waals surface area contributed by atoms with E-state index in [9.17, 15) is 4.79 Å². The van der Waals surface area contributed by atoms with Crippen LogP contribution in [0.3, 0.4) is 0 Å². The number of rotatable bonds is 6. The van der Waals surface area contributed by atoms with E-state index in [2.05, 4.69) is 0 Å². The molecule has 0 aliphatic carbocycles. The summed E-state index contributed by atoms with van der Waals surface area (Å²) in [6.07, 6.45) is 1.73. The molecule has 3 aromatic carbocycles. The summed E-state index contributed by atoms with van der Waals surface area (Å²) in [6, 6.07) is 20.7. The lowest BCUT2D eigenvalue weighted by Crippen LogP contribution is -2.32. The maximum absolute atomic E-state index is 13.5. The lowest BCUT2D eigenvalue weighted by Gasteiger charge is -2.20. The summed E-state index contributed by atoms with van der Waals surface area (Å²) >= 11 is 0. The number of anilines is 1. The standard InChI is InChI=1S/C26H24N2O4/c1-17-9-12-19(13-10-17)28-25(21-7-5-6-8-23(21)31-3)27-22(26(28)29)15-18-11-14-20(30-2)16-24(18)32-4/h5-16H,1-4H3/b22-15+. The second-order valence-corrected chi connectivity index (χ2v) is 7.25. The Morgan fingerprint density at radius 2 is 1.56 bits per heavy atom. The predicted molar refractivity (Wildman–Crippen MR) is 126 cm³/mol. The van der Waals surface area contributed by atoms with Crippen molar-refractivity contribution in [3.8, 4) is 17.2 Å². The zero-order valence-electron chi connectivity index (χ0n) is 18.5. The number of carbonyl (C=O) groups is 1. The molecule has 0 saturated heterocycles. The highest BCUT2D eigenvalue weighted by Gasteiger charge is 2.34. The number of aliphatic imine (C=N–C) groups is 1. The molecule has 3 aromatic rings. The van der Waals surface area contributed by atoms with Crippen LogP contribution >= 0.6 is 0 Å². The molecule has 0 aromatic heterocycles. The highest BCUT2D eigenvalue weighted by atomic mass is 16.5. The van der Waals surface area contributed by atoms with Crippen LogP contribution in [-0.4, -0.2) is 33.1 Å². The number of amides is 1. The number of amidine groups is 1. The molecule has 0 saturated carbocycles. The van der Waals surface area contributed by atoms with Crippen molar-refractivity contribution in [2.75, 3.05) is 26.2 Å². The Hall–Kier alpha value is -4.06. The minimum atomic E-state index is -0.229. The molecule has 1 aliphatic rings. The first-order valence-electron chi connectivity index (χ1n) is 10.1. The van der Waals surface area contributed by atoms with Gasteiger partial charge in [0.2, 0.25) is 0 Å². The lowest BCUT2D eigenvalue weighted by molar-refractivity contribution is -0.113. The first-order chi connectivity index (χ1) is 15.5. The Balaban J connectivity index is 1.86. The number of benzene rings is 3.